The van der Waals surface area contributed by atoms with E-state index in [9.17, 15) is 9.59 Å². The van der Waals surface area contributed by atoms with Gasteiger partial charge < -0.3 is 9.15 Å². The zero-order valence-corrected chi connectivity index (χ0v) is 10.3. The normalized spacial score (nSPS) is 17.7. The summed E-state index contributed by atoms with van der Waals surface area (Å²) in [5.74, 6) is 0.0940. The fraction of sp³-hybridized carbons (Fsp3) is 0.538. The van der Waals surface area contributed by atoms with Gasteiger partial charge in [-0.25, -0.2) is 4.79 Å². The molecule has 1 aliphatic carbocycles. The number of aryl methyl sites for hydroxylation is 1. The van der Waals surface area contributed by atoms with Crippen LogP contribution in [-0.2, 0) is 11.2 Å². The quantitative estimate of drug-likeness (QED) is 0.740. The first-order valence-electron chi connectivity index (χ1n) is 5.79. The second kappa shape index (κ2) is 4.02. The zero-order chi connectivity index (χ0) is 12.6. The predicted molar refractivity (Wildman–Crippen MR) is 61.1 cm³/mol. The Hall–Kier alpha value is -1.58. The van der Waals surface area contributed by atoms with Gasteiger partial charge in [-0.15, -0.1) is 0 Å². The Morgan fingerprint density at radius 1 is 1.53 bits per heavy atom. The SMILES string of the molecule is CCOC(=O)c1coc2c1C(=O)C(C)(C)CC2. The summed E-state index contributed by atoms with van der Waals surface area (Å²) in [6.07, 6.45) is 2.77. The molecule has 0 bridgehead atoms. The molecule has 92 valence electrons. The van der Waals surface area contributed by atoms with Crippen LogP contribution in [0.4, 0.5) is 0 Å². The van der Waals surface area contributed by atoms with Gasteiger partial charge in [0, 0.05) is 11.8 Å². The number of furan rings is 1. The highest BCUT2D eigenvalue weighted by Crippen LogP contribution is 2.37. The summed E-state index contributed by atoms with van der Waals surface area (Å²) in [4.78, 5) is 24.0. The Bertz CT molecular complexity index is 468. The van der Waals surface area contributed by atoms with Gasteiger partial charge in [0.15, 0.2) is 5.78 Å². The molecule has 0 atom stereocenters. The fourth-order valence-corrected chi connectivity index (χ4v) is 2.07. The molecule has 0 spiro atoms. The number of fused-ring (bicyclic) bond motifs is 1. The summed E-state index contributed by atoms with van der Waals surface area (Å²) in [5.41, 5.74) is 0.248. The van der Waals surface area contributed by atoms with Crippen molar-refractivity contribution in [1.29, 1.82) is 0 Å². The van der Waals surface area contributed by atoms with E-state index in [1.54, 1.807) is 6.92 Å². The van der Waals surface area contributed by atoms with E-state index < -0.39 is 11.4 Å². The molecule has 4 heteroatoms. The third kappa shape index (κ3) is 1.88. The lowest BCUT2D eigenvalue weighted by Crippen LogP contribution is -2.31. The molecule has 1 heterocycles. The van der Waals surface area contributed by atoms with E-state index in [0.717, 1.165) is 6.42 Å². The number of carbonyl (C=O) groups is 2. The number of ether oxygens (including phenoxy) is 1. The minimum absolute atomic E-state index is 0.0319. The first-order chi connectivity index (χ1) is 7.97. The highest BCUT2D eigenvalue weighted by molar-refractivity contribution is 6.09. The molecule has 0 aromatic carbocycles. The van der Waals surface area contributed by atoms with Crippen molar-refractivity contribution in [2.45, 2.75) is 33.6 Å². The van der Waals surface area contributed by atoms with Crippen molar-refractivity contribution in [1.82, 2.24) is 0 Å². The van der Waals surface area contributed by atoms with Gasteiger partial charge in [0.1, 0.15) is 17.6 Å². The number of carbonyl (C=O) groups excluding carboxylic acids is 2. The van der Waals surface area contributed by atoms with Crippen molar-refractivity contribution < 1.29 is 18.7 Å². The van der Waals surface area contributed by atoms with Crippen molar-refractivity contribution in [3.63, 3.8) is 0 Å². The maximum atomic E-state index is 12.3. The molecule has 17 heavy (non-hydrogen) atoms. The highest BCUT2D eigenvalue weighted by Gasteiger charge is 2.39. The van der Waals surface area contributed by atoms with E-state index >= 15 is 0 Å². The molecular formula is C13H16O4. The first-order valence-corrected chi connectivity index (χ1v) is 5.79. The molecule has 1 aromatic rings. The Morgan fingerprint density at radius 3 is 2.88 bits per heavy atom. The number of hydrogen-bond acceptors (Lipinski definition) is 4. The number of esters is 1. The molecule has 0 fully saturated rings. The van der Waals surface area contributed by atoms with Crippen LogP contribution in [-0.4, -0.2) is 18.4 Å². The monoisotopic (exact) mass is 236 g/mol. The second-order valence-electron chi connectivity index (χ2n) is 4.88. The van der Waals surface area contributed by atoms with Crippen molar-refractivity contribution in [3.05, 3.63) is 23.2 Å². The maximum absolute atomic E-state index is 12.3. The molecule has 0 radical (unpaired) electrons. The molecule has 0 aliphatic heterocycles. The van der Waals surface area contributed by atoms with E-state index in [1.165, 1.54) is 6.26 Å². The smallest absolute Gasteiger partial charge is 0.342 e. The summed E-state index contributed by atoms with van der Waals surface area (Å²) >= 11 is 0. The fourth-order valence-electron chi connectivity index (χ4n) is 2.07. The molecule has 1 aliphatic rings. The van der Waals surface area contributed by atoms with Gasteiger partial charge in [-0.3, -0.25) is 4.79 Å². The number of hydrogen-bond donors (Lipinski definition) is 0. The number of Topliss-reactive ketones (excluding diaryl/α,β-unsaturated/α-hetero) is 1. The van der Waals surface area contributed by atoms with E-state index in [1.807, 2.05) is 13.8 Å². The summed E-state index contributed by atoms with van der Waals surface area (Å²) in [6, 6.07) is 0. The van der Waals surface area contributed by atoms with Crippen LogP contribution >= 0.6 is 0 Å². The van der Waals surface area contributed by atoms with Gasteiger partial charge in [-0.2, -0.15) is 0 Å². The first kappa shape index (κ1) is 11.9. The van der Waals surface area contributed by atoms with E-state index in [-0.39, 0.29) is 18.0 Å². The summed E-state index contributed by atoms with van der Waals surface area (Å²) in [5, 5.41) is 0. The van der Waals surface area contributed by atoms with E-state index in [0.29, 0.717) is 17.7 Å². The van der Waals surface area contributed by atoms with Crippen LogP contribution in [0.3, 0.4) is 0 Å². The number of ketones is 1. The van der Waals surface area contributed by atoms with Gasteiger partial charge >= 0.3 is 5.97 Å². The highest BCUT2D eigenvalue weighted by atomic mass is 16.5. The predicted octanol–water partition coefficient (Wildman–Crippen LogP) is 2.61. The van der Waals surface area contributed by atoms with Crippen molar-refractivity contribution >= 4 is 11.8 Å². The molecule has 0 N–H and O–H groups in total. The van der Waals surface area contributed by atoms with E-state index in [4.69, 9.17) is 9.15 Å². The molecule has 2 rings (SSSR count). The molecule has 4 nitrogen and oxygen atoms in total. The Labute approximate surface area is 99.9 Å². The van der Waals surface area contributed by atoms with Crippen LogP contribution in [0.25, 0.3) is 0 Å². The molecule has 0 amide bonds. The minimum Gasteiger partial charge on any atom is -0.468 e. The average Bonchev–Trinajstić information content (AvgIpc) is 2.68. The standard InChI is InChI=1S/C13H16O4/c1-4-16-12(15)8-7-17-9-5-6-13(2,3)11(14)10(8)9/h7H,4-6H2,1-3H3. The van der Waals surface area contributed by atoms with Gasteiger partial charge in [-0.05, 0) is 13.3 Å². The minimum atomic E-state index is -0.483. The zero-order valence-electron chi connectivity index (χ0n) is 10.3. The maximum Gasteiger partial charge on any atom is 0.342 e. The second-order valence-corrected chi connectivity index (χ2v) is 4.88. The Morgan fingerprint density at radius 2 is 2.24 bits per heavy atom. The lowest BCUT2D eigenvalue weighted by atomic mass is 9.74. The van der Waals surface area contributed by atoms with Crippen LogP contribution in [0, 0.1) is 5.41 Å². The van der Waals surface area contributed by atoms with Crippen LogP contribution < -0.4 is 0 Å². The van der Waals surface area contributed by atoms with Crippen LogP contribution in [0.15, 0.2) is 10.7 Å². The van der Waals surface area contributed by atoms with Crippen LogP contribution in [0.2, 0.25) is 0 Å². The van der Waals surface area contributed by atoms with Crippen molar-refractivity contribution in [2.75, 3.05) is 6.61 Å². The summed E-state index contributed by atoms with van der Waals surface area (Å²) in [7, 11) is 0. The largest absolute Gasteiger partial charge is 0.468 e. The van der Waals surface area contributed by atoms with Gasteiger partial charge in [0.05, 0.1) is 12.2 Å². The van der Waals surface area contributed by atoms with Crippen molar-refractivity contribution in [2.24, 2.45) is 5.41 Å². The van der Waals surface area contributed by atoms with Gasteiger partial charge in [-0.1, -0.05) is 13.8 Å². The third-order valence-corrected chi connectivity index (χ3v) is 3.18. The van der Waals surface area contributed by atoms with E-state index in [2.05, 4.69) is 0 Å². The topological polar surface area (TPSA) is 56.5 Å². The summed E-state index contributed by atoms with van der Waals surface area (Å²) < 4.78 is 10.2. The lowest BCUT2D eigenvalue weighted by molar-refractivity contribution is 0.0520. The molecule has 0 saturated carbocycles. The number of rotatable bonds is 2. The van der Waals surface area contributed by atoms with Gasteiger partial charge in [0.25, 0.3) is 0 Å². The lowest BCUT2D eigenvalue weighted by Gasteiger charge is -2.27. The average molecular weight is 236 g/mol. The summed E-state index contributed by atoms with van der Waals surface area (Å²) in [6.45, 7) is 5.80. The van der Waals surface area contributed by atoms with Gasteiger partial charge in [0.2, 0.25) is 0 Å². The molecule has 0 unspecified atom stereocenters. The molecule has 0 saturated heterocycles. The van der Waals surface area contributed by atoms with Crippen LogP contribution in [0.5, 0.6) is 0 Å². The van der Waals surface area contributed by atoms with Crippen molar-refractivity contribution in [3.8, 4) is 0 Å². The molecule has 1 aromatic heterocycles. The Balaban J connectivity index is 2.44. The third-order valence-electron chi connectivity index (χ3n) is 3.18. The van der Waals surface area contributed by atoms with Crippen LogP contribution in [0.1, 0.15) is 53.7 Å². The molecular weight excluding hydrogens is 220 g/mol. The Kier molecular flexibility index (Phi) is 2.81.